The largest absolute Gasteiger partial charge is 0.326 e. The van der Waals surface area contributed by atoms with E-state index in [1.54, 1.807) is 19.1 Å². The van der Waals surface area contributed by atoms with E-state index in [9.17, 15) is 0 Å². The topological polar surface area (TPSA) is 104 Å². The minimum Gasteiger partial charge on any atom is -0.326 e. The highest BCUT2D eigenvalue weighted by atomic mass is 15.0. The molecule has 0 radical (unpaired) electrons. The molecule has 0 fully saturated rings. The van der Waals surface area contributed by atoms with Gasteiger partial charge >= 0.3 is 0 Å². The summed E-state index contributed by atoms with van der Waals surface area (Å²) in [6.45, 7) is 8.92. The van der Waals surface area contributed by atoms with Gasteiger partial charge in [-0.1, -0.05) is 12.2 Å². The Morgan fingerprint density at radius 1 is 1.08 bits per heavy atom. The van der Waals surface area contributed by atoms with Crippen molar-refractivity contribution in [2.24, 2.45) is 22.9 Å². The first kappa shape index (κ1) is 12.3. The van der Waals surface area contributed by atoms with Crippen molar-refractivity contribution in [2.45, 2.75) is 30.6 Å². The van der Waals surface area contributed by atoms with Gasteiger partial charge in [0.1, 0.15) is 0 Å². The van der Waals surface area contributed by atoms with Crippen LogP contribution in [-0.4, -0.2) is 23.7 Å². The molecule has 76 valence electrons. The summed E-state index contributed by atoms with van der Waals surface area (Å²) in [7, 11) is 0. The van der Waals surface area contributed by atoms with Crippen LogP contribution in [0.3, 0.4) is 0 Å². The fourth-order valence-electron chi connectivity index (χ4n) is 1.24. The van der Waals surface area contributed by atoms with Crippen molar-refractivity contribution in [3.63, 3.8) is 0 Å². The van der Waals surface area contributed by atoms with Crippen molar-refractivity contribution >= 4 is 0 Å². The summed E-state index contributed by atoms with van der Waals surface area (Å²) in [6.07, 6.45) is 3.10. The minimum atomic E-state index is -0.885. The second-order valence-electron chi connectivity index (χ2n) is 3.31. The van der Waals surface area contributed by atoms with E-state index < -0.39 is 17.6 Å². The number of hydrogen-bond acceptors (Lipinski definition) is 4. The molecule has 0 aromatic heterocycles. The Balaban J connectivity index is 4.92. The molecule has 0 aliphatic rings. The molecule has 0 amide bonds. The molecule has 0 bridgehead atoms. The minimum absolute atomic E-state index is 0.325. The maximum absolute atomic E-state index is 6.03. The van der Waals surface area contributed by atoms with E-state index in [1.807, 2.05) is 0 Å². The standard InChI is InChI=1S/C9H20N4/c1-4-7(11)9(13,6(3)10)8(12)5-2/h4-8H,1-2,10-13H2,3H3. The summed E-state index contributed by atoms with van der Waals surface area (Å²) >= 11 is 0. The second kappa shape index (κ2) is 4.53. The summed E-state index contributed by atoms with van der Waals surface area (Å²) in [6, 6.07) is -1.21. The highest BCUT2D eigenvalue weighted by molar-refractivity contribution is 5.17. The summed E-state index contributed by atoms with van der Waals surface area (Å²) in [5.74, 6) is 0. The lowest BCUT2D eigenvalue weighted by molar-refractivity contribution is 0.296. The molecular weight excluding hydrogens is 164 g/mol. The summed E-state index contributed by atoms with van der Waals surface area (Å²) < 4.78 is 0. The monoisotopic (exact) mass is 184 g/mol. The van der Waals surface area contributed by atoms with E-state index >= 15 is 0 Å². The van der Waals surface area contributed by atoms with Gasteiger partial charge in [-0.25, -0.2) is 0 Å². The first-order valence-electron chi connectivity index (χ1n) is 4.22. The van der Waals surface area contributed by atoms with Crippen LogP contribution in [-0.2, 0) is 0 Å². The van der Waals surface area contributed by atoms with Crippen LogP contribution in [0.4, 0.5) is 0 Å². The molecule has 0 spiro atoms. The molecule has 3 unspecified atom stereocenters. The predicted octanol–water partition coefficient (Wildman–Crippen LogP) is -0.942. The van der Waals surface area contributed by atoms with E-state index in [-0.39, 0.29) is 6.04 Å². The molecular formula is C9H20N4. The van der Waals surface area contributed by atoms with E-state index in [0.29, 0.717) is 0 Å². The molecule has 0 rings (SSSR count). The zero-order chi connectivity index (χ0) is 10.6. The van der Waals surface area contributed by atoms with Crippen molar-refractivity contribution in [1.82, 2.24) is 0 Å². The molecule has 0 aromatic rings. The van der Waals surface area contributed by atoms with Gasteiger partial charge in [0.15, 0.2) is 0 Å². The van der Waals surface area contributed by atoms with Crippen LogP contribution < -0.4 is 22.9 Å². The fraction of sp³-hybridized carbons (Fsp3) is 0.556. The average molecular weight is 184 g/mol. The van der Waals surface area contributed by atoms with Crippen molar-refractivity contribution in [1.29, 1.82) is 0 Å². The highest BCUT2D eigenvalue weighted by Crippen LogP contribution is 2.15. The third kappa shape index (κ3) is 2.16. The van der Waals surface area contributed by atoms with Crippen LogP contribution >= 0.6 is 0 Å². The molecule has 0 heterocycles. The maximum atomic E-state index is 6.03. The van der Waals surface area contributed by atoms with E-state index in [2.05, 4.69) is 13.2 Å². The van der Waals surface area contributed by atoms with Crippen LogP contribution in [0.2, 0.25) is 0 Å². The quantitative estimate of drug-likeness (QED) is 0.414. The van der Waals surface area contributed by atoms with Crippen molar-refractivity contribution in [3.8, 4) is 0 Å². The van der Waals surface area contributed by atoms with E-state index in [1.165, 1.54) is 0 Å². The van der Waals surface area contributed by atoms with Gasteiger partial charge in [0.05, 0.1) is 5.54 Å². The van der Waals surface area contributed by atoms with Gasteiger partial charge in [0.25, 0.3) is 0 Å². The molecule has 13 heavy (non-hydrogen) atoms. The predicted molar refractivity (Wildman–Crippen MR) is 56.9 cm³/mol. The Labute approximate surface area is 79.6 Å². The van der Waals surface area contributed by atoms with Gasteiger partial charge in [0, 0.05) is 18.1 Å². The number of hydrogen-bond donors (Lipinski definition) is 4. The lowest BCUT2D eigenvalue weighted by Gasteiger charge is -2.40. The smallest absolute Gasteiger partial charge is 0.0683 e. The Morgan fingerprint density at radius 2 is 1.38 bits per heavy atom. The first-order chi connectivity index (χ1) is 5.91. The van der Waals surface area contributed by atoms with Gasteiger partial charge in [0.2, 0.25) is 0 Å². The molecule has 0 aliphatic carbocycles. The average Bonchev–Trinajstić information content (AvgIpc) is 2.13. The Kier molecular flexibility index (Phi) is 4.29. The van der Waals surface area contributed by atoms with Gasteiger partial charge in [-0.05, 0) is 6.92 Å². The Bertz CT molecular complexity index is 174. The molecule has 8 N–H and O–H groups in total. The maximum Gasteiger partial charge on any atom is 0.0683 e. The van der Waals surface area contributed by atoms with Crippen LogP contribution in [0.1, 0.15) is 6.92 Å². The lowest BCUT2D eigenvalue weighted by atomic mass is 9.79. The Morgan fingerprint density at radius 3 is 1.54 bits per heavy atom. The van der Waals surface area contributed by atoms with Gasteiger partial charge < -0.3 is 22.9 Å². The van der Waals surface area contributed by atoms with Crippen LogP contribution in [0.25, 0.3) is 0 Å². The van der Waals surface area contributed by atoms with Crippen LogP contribution in [0, 0.1) is 0 Å². The first-order valence-corrected chi connectivity index (χ1v) is 4.22. The molecule has 4 heteroatoms. The zero-order valence-electron chi connectivity index (χ0n) is 8.11. The molecule has 4 nitrogen and oxygen atoms in total. The SMILES string of the molecule is C=CC(N)C(N)(C(C)N)C(N)C=C. The van der Waals surface area contributed by atoms with E-state index in [0.717, 1.165) is 0 Å². The summed E-state index contributed by atoms with van der Waals surface area (Å²) in [5, 5.41) is 0. The molecule has 0 saturated carbocycles. The lowest BCUT2D eigenvalue weighted by Crippen LogP contribution is -2.72. The van der Waals surface area contributed by atoms with Crippen LogP contribution in [0.15, 0.2) is 25.3 Å². The summed E-state index contributed by atoms with van der Waals surface area (Å²) in [5.41, 5.74) is 22.4. The van der Waals surface area contributed by atoms with Crippen molar-refractivity contribution < 1.29 is 0 Å². The van der Waals surface area contributed by atoms with Gasteiger partial charge in [-0.2, -0.15) is 0 Å². The van der Waals surface area contributed by atoms with E-state index in [4.69, 9.17) is 22.9 Å². The summed E-state index contributed by atoms with van der Waals surface area (Å²) in [4.78, 5) is 0. The Hall–Kier alpha value is -0.680. The highest BCUT2D eigenvalue weighted by Gasteiger charge is 2.39. The van der Waals surface area contributed by atoms with Gasteiger partial charge in [-0.15, -0.1) is 13.2 Å². The van der Waals surface area contributed by atoms with Crippen molar-refractivity contribution in [3.05, 3.63) is 25.3 Å². The number of rotatable bonds is 5. The third-order valence-corrected chi connectivity index (χ3v) is 2.45. The van der Waals surface area contributed by atoms with Crippen molar-refractivity contribution in [2.75, 3.05) is 0 Å². The third-order valence-electron chi connectivity index (χ3n) is 2.45. The zero-order valence-corrected chi connectivity index (χ0v) is 8.11. The number of nitrogens with two attached hydrogens (primary N) is 4. The van der Waals surface area contributed by atoms with Gasteiger partial charge in [-0.3, -0.25) is 0 Å². The van der Waals surface area contributed by atoms with Crippen LogP contribution in [0.5, 0.6) is 0 Å². The normalized spacial score (nSPS) is 22.5. The molecule has 0 saturated heterocycles. The molecule has 0 aromatic carbocycles. The fourth-order valence-corrected chi connectivity index (χ4v) is 1.24. The molecule has 0 aliphatic heterocycles. The second-order valence-corrected chi connectivity index (χ2v) is 3.31. The molecule has 3 atom stereocenters.